The van der Waals surface area contributed by atoms with Crippen molar-refractivity contribution < 1.29 is 52.7 Å². The van der Waals surface area contributed by atoms with Crippen molar-refractivity contribution in [2.75, 3.05) is 19.6 Å². The zero-order chi connectivity index (χ0) is 95.6. The van der Waals surface area contributed by atoms with Crippen LogP contribution in [0.1, 0.15) is 0 Å². The van der Waals surface area contributed by atoms with Crippen LogP contribution in [0.15, 0.2) is 340 Å². The van der Waals surface area contributed by atoms with Gasteiger partial charge in [0.2, 0.25) is 0 Å². The summed E-state index contributed by atoms with van der Waals surface area (Å²) < 4.78 is 188. The predicted octanol–water partition coefficient (Wildman–Crippen LogP) is 33.6. The summed E-state index contributed by atoms with van der Waals surface area (Å²) in [6, 6.07) is 94.6. The zero-order valence-electron chi connectivity index (χ0n) is 76.7. The van der Waals surface area contributed by atoms with Crippen LogP contribution in [0.4, 0.5) is 121 Å². The highest BCUT2D eigenvalue weighted by Gasteiger charge is 2.34. The average Bonchev–Trinajstić information content (AvgIpc) is 0.714. The average molecular weight is 1880 g/mol. The van der Waals surface area contributed by atoms with Crippen molar-refractivity contribution in [2.24, 2.45) is 0 Å². The number of benzene rings is 20. The smallest absolute Gasteiger partial charge is 0.150 e. The van der Waals surface area contributed by atoms with E-state index in [1.54, 1.807) is 21.9 Å². The maximum atomic E-state index is 16.9. The number of anilines is 12. The fraction of sp³-hybridized carbons (Fsp3) is 0.103. The van der Waals surface area contributed by atoms with Gasteiger partial charge in [0.05, 0.1) is 77.8 Å². The summed E-state index contributed by atoms with van der Waals surface area (Å²) in [5, 5.41) is 14.6. The summed E-state index contributed by atoms with van der Waals surface area (Å²) in [6.45, 7) is 27.0. The van der Waals surface area contributed by atoms with Crippen molar-refractivity contribution in [2.45, 2.75) is 78.6 Å². The van der Waals surface area contributed by atoms with Gasteiger partial charge in [0.1, 0.15) is 46.5 Å². The molecule has 0 fully saturated rings. The predicted molar refractivity (Wildman–Crippen MR) is 552 cm³/mol. The third-order valence-corrected chi connectivity index (χ3v) is 34.0. The molecule has 20 heteroatoms. The molecule has 20 rings (SSSR count). The largest absolute Gasteiger partial charge is 0.307 e. The van der Waals surface area contributed by atoms with E-state index in [2.05, 4.69) is 127 Å². The summed E-state index contributed by atoms with van der Waals surface area (Å²) in [5.41, 5.74) is 7.35. The summed E-state index contributed by atoms with van der Waals surface area (Å²) in [4.78, 5) is 7.18. The third-order valence-electron chi connectivity index (χ3n) is 25.8. The van der Waals surface area contributed by atoms with E-state index in [9.17, 15) is 17.6 Å². The van der Waals surface area contributed by atoms with Crippen LogP contribution >= 0.6 is 0 Å². The van der Waals surface area contributed by atoms with Gasteiger partial charge in [-0.2, -0.15) is 0 Å². The maximum absolute atomic E-state index is 16.9. The highest BCUT2D eigenvalue weighted by molar-refractivity contribution is 6.90. The molecule has 0 aliphatic rings. The van der Waals surface area contributed by atoms with Crippen molar-refractivity contribution in [3.8, 4) is 44.5 Å². The standard InChI is InChI=1S/2C58H46F6N2Si2/c1-67(2,3)45-23-19-43(20-24-45)65(57-49(31-41(61)33-51(57)63)35-7-15-39(59)16-8-35)53-29-13-37-12-28-48-54(30-14-38-11-27-47(53)55(37)56(38)48)66(44-21-25-46(26-22-44)68(4,5)6)58-50(32-42(62)34-52(58)64)36-9-17-40(60)18-10-36;1-67(2,3)45-21-17-43(18-22-45)65(57-49(31-41(61)33-51(57)63)37-9-7-11-39(59)29-37)53-27-15-35-14-26-48-54(28-16-36-13-25-47(53)55(35)56(36)48)66(44-19-23-46(24-20-44)68(4,5)6)58-50(32-42(62)34-52(58)64)38-10-8-12-40(60)30-38/h2*7-34H,1-6H3. The van der Waals surface area contributed by atoms with Gasteiger partial charge in [-0.15, -0.1) is 0 Å². The third kappa shape index (κ3) is 17.1. The minimum atomic E-state index is -1.78. The molecule has 0 unspecified atom stereocenters. The zero-order valence-corrected chi connectivity index (χ0v) is 80.7. The van der Waals surface area contributed by atoms with Crippen molar-refractivity contribution in [3.63, 3.8) is 0 Å². The number of halogens is 12. The summed E-state index contributed by atoms with van der Waals surface area (Å²) in [7, 11) is -7.09. The van der Waals surface area contributed by atoms with E-state index in [1.807, 2.05) is 155 Å². The van der Waals surface area contributed by atoms with E-state index in [4.69, 9.17) is 0 Å². The molecule has 0 aliphatic heterocycles. The monoisotopic (exact) mass is 1880 g/mol. The van der Waals surface area contributed by atoms with E-state index in [-0.39, 0.29) is 45.0 Å². The molecule has 0 aromatic heterocycles. The highest BCUT2D eigenvalue weighted by Crippen LogP contribution is 2.55. The maximum Gasteiger partial charge on any atom is 0.150 e. The Morgan fingerprint density at radius 3 is 0.603 bits per heavy atom. The van der Waals surface area contributed by atoms with Gasteiger partial charge in [0.15, 0.2) is 23.3 Å². The molecule has 0 spiro atoms. The van der Waals surface area contributed by atoms with Crippen molar-refractivity contribution in [3.05, 3.63) is 410 Å². The minimum absolute atomic E-state index is 0.0399. The topological polar surface area (TPSA) is 13.0 Å². The van der Waals surface area contributed by atoms with E-state index >= 15 is 35.1 Å². The molecule has 20 aromatic rings. The Morgan fingerprint density at radius 2 is 0.390 bits per heavy atom. The minimum Gasteiger partial charge on any atom is -0.307 e. The van der Waals surface area contributed by atoms with Crippen molar-refractivity contribution in [1.82, 2.24) is 0 Å². The van der Waals surface area contributed by atoms with Crippen LogP contribution in [0.5, 0.6) is 0 Å². The number of nitrogens with zero attached hydrogens (tertiary/aromatic N) is 4. The van der Waals surface area contributed by atoms with Crippen LogP contribution in [0.25, 0.3) is 109 Å². The van der Waals surface area contributed by atoms with Crippen LogP contribution in [0.2, 0.25) is 78.6 Å². The van der Waals surface area contributed by atoms with Gasteiger partial charge >= 0.3 is 0 Å². The van der Waals surface area contributed by atoms with Gasteiger partial charge in [-0.25, -0.2) is 52.7 Å². The molecule has 0 amide bonds. The molecule has 20 aromatic carbocycles. The second-order valence-electron chi connectivity index (χ2n) is 38.9. The van der Waals surface area contributed by atoms with Gasteiger partial charge in [0, 0.05) is 90.8 Å². The lowest BCUT2D eigenvalue weighted by Gasteiger charge is -2.32. The van der Waals surface area contributed by atoms with Gasteiger partial charge in [-0.05, 0) is 211 Å². The lowest BCUT2D eigenvalue weighted by atomic mass is 9.91. The lowest BCUT2D eigenvalue weighted by Crippen LogP contribution is -2.37. The number of rotatable bonds is 20. The summed E-state index contributed by atoms with van der Waals surface area (Å²) >= 11 is 0. The normalized spacial score (nSPS) is 12.1. The first kappa shape index (κ1) is 90.9. The van der Waals surface area contributed by atoms with Crippen molar-refractivity contribution in [1.29, 1.82) is 0 Å². The molecule has 0 saturated heterocycles. The fourth-order valence-electron chi connectivity index (χ4n) is 18.9. The molecular weight excluding hydrogens is 1790 g/mol. The Balaban J connectivity index is 0.000000174. The Labute approximate surface area is 785 Å². The van der Waals surface area contributed by atoms with Crippen LogP contribution in [0.3, 0.4) is 0 Å². The molecular formula is C116H92F12N4Si4. The first-order valence-electron chi connectivity index (χ1n) is 44.9. The first-order valence-corrected chi connectivity index (χ1v) is 58.9. The van der Waals surface area contributed by atoms with Gasteiger partial charge in [0.25, 0.3) is 0 Å². The Morgan fingerprint density at radius 1 is 0.176 bits per heavy atom. The summed E-state index contributed by atoms with van der Waals surface area (Å²) in [6.07, 6.45) is 0. The molecule has 4 nitrogen and oxygen atoms in total. The lowest BCUT2D eigenvalue weighted by molar-refractivity contribution is 0.584. The quantitative estimate of drug-likeness (QED) is 0.0428. The van der Waals surface area contributed by atoms with Crippen LogP contribution in [-0.2, 0) is 0 Å². The van der Waals surface area contributed by atoms with Crippen LogP contribution in [0, 0.1) is 69.8 Å². The Hall–Kier alpha value is -14.3. The molecule has 0 aliphatic carbocycles. The van der Waals surface area contributed by atoms with Gasteiger partial charge in [-0.3, -0.25) is 0 Å². The molecule has 0 saturated carbocycles. The van der Waals surface area contributed by atoms with Gasteiger partial charge < -0.3 is 19.6 Å². The number of hydrogen-bond donors (Lipinski definition) is 0. The van der Waals surface area contributed by atoms with Crippen LogP contribution in [-0.4, -0.2) is 32.3 Å². The molecule has 0 bridgehead atoms. The highest BCUT2D eigenvalue weighted by atomic mass is 28.3. The Kier molecular flexibility index (Phi) is 23.5. The molecule has 676 valence electrons. The van der Waals surface area contributed by atoms with E-state index < -0.39 is 102 Å². The first-order chi connectivity index (χ1) is 64.9. The second-order valence-corrected chi connectivity index (χ2v) is 59.2. The van der Waals surface area contributed by atoms with Crippen LogP contribution < -0.4 is 40.3 Å². The Bertz CT molecular complexity index is 7560. The molecule has 0 radical (unpaired) electrons. The SMILES string of the molecule is C[Si](C)(C)c1ccc(N(c2c(F)cc(F)cc2-c2ccc(F)cc2)c2ccc3ccc4c(N(c5ccc([Si](C)(C)C)cc5)c5c(F)cc(F)cc5-c5ccc(F)cc5)ccc5ccc2c3c54)cc1.C[Si](C)(C)c1ccc(N(c2c(F)cc(F)cc2-c2cccc(F)c2)c2ccc3ccc4c(N(c5ccc([Si](C)(C)C)cc5)c5c(F)cc(F)cc5-c5cccc(F)c5)ccc5ccc2c3c54)cc1. The van der Waals surface area contributed by atoms with Crippen molar-refractivity contribution >= 4 is 186 Å². The van der Waals surface area contributed by atoms with E-state index in [0.29, 0.717) is 67.8 Å². The molecule has 0 heterocycles. The second kappa shape index (κ2) is 35.2. The molecule has 0 N–H and O–H groups in total. The molecule has 136 heavy (non-hydrogen) atoms. The summed E-state index contributed by atoms with van der Waals surface area (Å²) in [5.74, 6) is -8.50. The van der Waals surface area contributed by atoms with Gasteiger partial charge in [-0.1, -0.05) is 269 Å². The van der Waals surface area contributed by atoms with E-state index in [1.165, 1.54) is 130 Å². The fourth-order valence-corrected chi connectivity index (χ4v) is 23.6. The number of hydrogen-bond acceptors (Lipinski definition) is 4. The van der Waals surface area contributed by atoms with E-state index in [0.717, 1.165) is 88.9 Å². The molecule has 0 atom stereocenters.